The maximum atomic E-state index is 12.1. The number of rotatable bonds is 5. The Hall–Kier alpha value is -3.46. The van der Waals surface area contributed by atoms with Crippen LogP contribution >= 0.6 is 0 Å². The molecule has 0 unspecified atom stereocenters. The van der Waals surface area contributed by atoms with Crippen LogP contribution in [0.1, 0.15) is 35.7 Å². The molecule has 0 aliphatic carbocycles. The number of unbranched alkanes of at least 4 members (excludes halogenated alkanes) is 1. The summed E-state index contributed by atoms with van der Waals surface area (Å²) < 4.78 is 6.16. The number of esters is 1. The normalized spacial score (nSPS) is 10.7. The third-order valence-corrected chi connectivity index (χ3v) is 3.69. The summed E-state index contributed by atoms with van der Waals surface area (Å²) in [6, 6.07) is 11.8. The molecule has 1 aromatic carbocycles. The van der Waals surface area contributed by atoms with Gasteiger partial charge in [0.05, 0.1) is 7.11 Å². The highest BCUT2D eigenvalue weighted by atomic mass is 16.5. The topological polar surface area (TPSA) is 77.7 Å². The van der Waals surface area contributed by atoms with Crippen LogP contribution in [0.15, 0.2) is 58.4 Å². The maximum absolute atomic E-state index is 12.1. The number of aromatic nitrogens is 1. The molecule has 2 aromatic rings. The van der Waals surface area contributed by atoms with Crippen LogP contribution in [-0.2, 0) is 16.1 Å². The van der Waals surface area contributed by atoms with E-state index in [1.54, 1.807) is 41.1 Å². The molecule has 2 rings (SSSR count). The number of amides is 1. The number of aliphatic imine (C=N–C) groups is 1. The monoisotopic (exact) mass is 364 g/mol. The van der Waals surface area contributed by atoms with Gasteiger partial charge in [0.1, 0.15) is 5.71 Å². The third kappa shape index (κ3) is 6.08. The molecule has 0 atom stereocenters. The molecule has 6 heteroatoms. The third-order valence-electron chi connectivity index (χ3n) is 3.69. The Morgan fingerprint density at radius 1 is 1.19 bits per heavy atom. The Kier molecular flexibility index (Phi) is 7.26. The van der Waals surface area contributed by atoms with Crippen molar-refractivity contribution in [3.05, 3.63) is 70.1 Å². The Morgan fingerprint density at radius 3 is 2.74 bits per heavy atom. The molecule has 0 aliphatic heterocycles. The van der Waals surface area contributed by atoms with E-state index in [2.05, 4.69) is 21.6 Å². The van der Waals surface area contributed by atoms with Crippen LogP contribution in [-0.4, -0.2) is 29.3 Å². The van der Waals surface area contributed by atoms with E-state index in [0.29, 0.717) is 24.1 Å². The Bertz CT molecular complexity index is 977. The van der Waals surface area contributed by atoms with Crippen molar-refractivity contribution < 1.29 is 14.3 Å². The molecule has 0 spiro atoms. The first kappa shape index (κ1) is 19.9. The second kappa shape index (κ2) is 9.88. The summed E-state index contributed by atoms with van der Waals surface area (Å²) in [4.78, 5) is 38.8. The number of benzene rings is 1. The maximum Gasteiger partial charge on any atom is 0.352 e. The Labute approximate surface area is 157 Å². The van der Waals surface area contributed by atoms with Crippen molar-refractivity contribution in [3.63, 3.8) is 0 Å². The van der Waals surface area contributed by atoms with E-state index in [-0.39, 0.29) is 11.3 Å². The largest absolute Gasteiger partial charge is 0.465 e. The number of carbonyl (C=O) groups is 2. The van der Waals surface area contributed by atoms with Gasteiger partial charge in [-0.1, -0.05) is 24.0 Å². The Balaban J connectivity index is 1.97. The molecule has 1 aromatic heterocycles. The van der Waals surface area contributed by atoms with Gasteiger partial charge in [0, 0.05) is 36.4 Å². The standard InChI is InChI=1S/C21H20N2O4/c1-16(21(26)27-2)22-20(25)18-11-8-10-17(15-18)9-4-3-6-13-23-14-7-5-12-19(23)24/h5,7-8,10-12,14-15H,3,6,13H2,1-2H3/b22-16+. The lowest BCUT2D eigenvalue weighted by Crippen LogP contribution is -2.17. The molecule has 1 amide bonds. The number of hydrogen-bond donors (Lipinski definition) is 0. The highest BCUT2D eigenvalue weighted by Gasteiger charge is 2.10. The van der Waals surface area contributed by atoms with Crippen molar-refractivity contribution in [1.29, 1.82) is 0 Å². The molecule has 0 radical (unpaired) electrons. The number of pyridine rings is 1. The van der Waals surface area contributed by atoms with E-state index in [0.717, 1.165) is 6.42 Å². The predicted molar refractivity (Wildman–Crippen MR) is 103 cm³/mol. The minimum atomic E-state index is -0.642. The van der Waals surface area contributed by atoms with Gasteiger partial charge in [0.15, 0.2) is 0 Å². The van der Waals surface area contributed by atoms with Crippen LogP contribution in [0, 0.1) is 11.8 Å². The highest BCUT2D eigenvalue weighted by molar-refractivity contribution is 6.37. The summed E-state index contributed by atoms with van der Waals surface area (Å²) in [5, 5.41) is 0. The van der Waals surface area contributed by atoms with Crippen molar-refractivity contribution >= 4 is 17.6 Å². The van der Waals surface area contributed by atoms with Crippen molar-refractivity contribution in [1.82, 2.24) is 4.57 Å². The Morgan fingerprint density at radius 2 is 2.00 bits per heavy atom. The molecule has 0 N–H and O–H groups in total. The summed E-state index contributed by atoms with van der Waals surface area (Å²) in [5.74, 6) is 4.87. The minimum Gasteiger partial charge on any atom is -0.465 e. The van der Waals surface area contributed by atoms with Gasteiger partial charge in [-0.2, -0.15) is 0 Å². The van der Waals surface area contributed by atoms with Crippen molar-refractivity contribution in [2.24, 2.45) is 4.99 Å². The zero-order chi connectivity index (χ0) is 19.6. The van der Waals surface area contributed by atoms with E-state index in [1.165, 1.54) is 20.1 Å². The first-order valence-electron chi connectivity index (χ1n) is 8.43. The number of ether oxygens (including phenoxy) is 1. The summed E-state index contributed by atoms with van der Waals surface area (Å²) >= 11 is 0. The SMILES string of the molecule is COC(=O)/C(C)=N/C(=O)c1cccc(C#CCCCn2ccccc2=O)c1. The molecule has 138 valence electrons. The number of hydrogen-bond acceptors (Lipinski definition) is 4. The smallest absolute Gasteiger partial charge is 0.352 e. The van der Waals surface area contributed by atoms with E-state index in [9.17, 15) is 14.4 Å². The molecule has 6 nitrogen and oxygen atoms in total. The molecular formula is C21H20N2O4. The van der Waals surface area contributed by atoms with Gasteiger partial charge in [0.25, 0.3) is 5.91 Å². The molecule has 27 heavy (non-hydrogen) atoms. The summed E-state index contributed by atoms with van der Waals surface area (Å²) in [6.07, 6.45) is 3.12. The van der Waals surface area contributed by atoms with Crippen molar-refractivity contribution in [2.45, 2.75) is 26.3 Å². The lowest BCUT2D eigenvalue weighted by Gasteiger charge is -2.01. The van der Waals surface area contributed by atoms with Gasteiger partial charge >= 0.3 is 5.97 Å². The highest BCUT2D eigenvalue weighted by Crippen LogP contribution is 2.07. The first-order valence-corrected chi connectivity index (χ1v) is 8.43. The molecule has 1 heterocycles. The van der Waals surface area contributed by atoms with Crippen LogP contribution in [0.3, 0.4) is 0 Å². The van der Waals surface area contributed by atoms with Crippen LogP contribution in [0.2, 0.25) is 0 Å². The average Bonchev–Trinajstić information content (AvgIpc) is 2.68. The van der Waals surface area contributed by atoms with Gasteiger partial charge in [-0.05, 0) is 37.6 Å². The van der Waals surface area contributed by atoms with Crippen LogP contribution in [0.5, 0.6) is 0 Å². The lowest BCUT2D eigenvalue weighted by atomic mass is 10.1. The van der Waals surface area contributed by atoms with Gasteiger partial charge in [-0.15, -0.1) is 0 Å². The van der Waals surface area contributed by atoms with Crippen LogP contribution in [0.25, 0.3) is 0 Å². The fraction of sp³-hybridized carbons (Fsp3) is 0.238. The second-order valence-electron chi connectivity index (χ2n) is 5.71. The number of aryl methyl sites for hydroxylation is 1. The fourth-order valence-electron chi connectivity index (χ4n) is 2.29. The molecule has 0 saturated heterocycles. The summed E-state index contributed by atoms with van der Waals surface area (Å²) in [6.45, 7) is 2.03. The number of methoxy groups -OCH3 is 1. The zero-order valence-electron chi connectivity index (χ0n) is 15.3. The summed E-state index contributed by atoms with van der Waals surface area (Å²) in [7, 11) is 1.23. The van der Waals surface area contributed by atoms with Gasteiger partial charge in [0.2, 0.25) is 5.56 Å². The number of carbonyl (C=O) groups excluding carboxylic acids is 2. The molecule has 0 fully saturated rings. The quantitative estimate of drug-likeness (QED) is 0.353. The van der Waals surface area contributed by atoms with Crippen LogP contribution < -0.4 is 5.56 Å². The number of nitrogens with zero attached hydrogens (tertiary/aromatic N) is 2. The second-order valence-corrected chi connectivity index (χ2v) is 5.71. The molecular weight excluding hydrogens is 344 g/mol. The van der Waals surface area contributed by atoms with Crippen molar-refractivity contribution in [3.8, 4) is 11.8 Å². The minimum absolute atomic E-state index is 0.00450. The van der Waals surface area contributed by atoms with Crippen LogP contribution in [0.4, 0.5) is 0 Å². The van der Waals surface area contributed by atoms with E-state index in [1.807, 2.05) is 6.07 Å². The van der Waals surface area contributed by atoms with Gasteiger partial charge in [-0.3, -0.25) is 9.59 Å². The van der Waals surface area contributed by atoms with Gasteiger partial charge in [-0.25, -0.2) is 9.79 Å². The zero-order valence-corrected chi connectivity index (χ0v) is 15.3. The molecule has 0 aliphatic rings. The molecule has 0 bridgehead atoms. The fourth-order valence-corrected chi connectivity index (χ4v) is 2.29. The van der Waals surface area contributed by atoms with Gasteiger partial charge < -0.3 is 9.30 Å². The van der Waals surface area contributed by atoms with E-state index >= 15 is 0 Å². The lowest BCUT2D eigenvalue weighted by molar-refractivity contribution is -0.132. The summed E-state index contributed by atoms with van der Waals surface area (Å²) in [5.41, 5.74) is 0.999. The molecule has 0 saturated carbocycles. The average molecular weight is 364 g/mol. The first-order chi connectivity index (χ1) is 13.0. The van der Waals surface area contributed by atoms with Crippen molar-refractivity contribution in [2.75, 3.05) is 7.11 Å². The van der Waals surface area contributed by atoms with E-state index < -0.39 is 11.9 Å². The van der Waals surface area contributed by atoms with E-state index in [4.69, 9.17) is 0 Å². The predicted octanol–water partition coefficient (Wildman–Crippen LogP) is 2.45.